The number of imidazole rings is 2. The summed E-state index contributed by atoms with van der Waals surface area (Å²) in [6.07, 6.45) is 1.61. The first kappa shape index (κ1) is 23.3. The lowest BCUT2D eigenvalue weighted by atomic mass is 10.0. The van der Waals surface area contributed by atoms with E-state index in [1.165, 1.54) is 11.1 Å². The van der Waals surface area contributed by atoms with E-state index in [0.717, 1.165) is 46.0 Å². The Morgan fingerprint density at radius 1 is 0.684 bits per heavy atom. The lowest BCUT2D eigenvalue weighted by Gasteiger charge is -2.02. The minimum absolute atomic E-state index is 0.435. The van der Waals surface area contributed by atoms with Gasteiger partial charge in [0, 0.05) is 0 Å². The van der Waals surface area contributed by atoms with Crippen LogP contribution in [0.3, 0.4) is 0 Å². The highest BCUT2D eigenvalue weighted by atomic mass is 15.4. The molecule has 6 rings (SSSR count). The Bertz CT molecular complexity index is 1750. The molecule has 0 aliphatic carbocycles. The van der Waals surface area contributed by atoms with Gasteiger partial charge in [0.05, 0.1) is 22.1 Å². The molecule has 0 amide bonds. The highest BCUT2D eigenvalue weighted by Gasteiger charge is 2.09. The fourth-order valence-electron chi connectivity index (χ4n) is 4.46. The van der Waals surface area contributed by atoms with Crippen molar-refractivity contribution in [3.8, 4) is 0 Å². The predicted molar refractivity (Wildman–Crippen MR) is 152 cm³/mol. The zero-order valence-electron chi connectivity index (χ0n) is 20.9. The highest BCUT2D eigenvalue weighted by Crippen LogP contribution is 2.23. The molecule has 0 spiro atoms. The number of para-hydroxylation sites is 2. The van der Waals surface area contributed by atoms with Gasteiger partial charge in [0.15, 0.2) is 5.84 Å². The number of benzene rings is 4. The van der Waals surface area contributed by atoms with Crippen molar-refractivity contribution >= 4 is 39.8 Å². The van der Waals surface area contributed by atoms with Crippen molar-refractivity contribution in [1.29, 1.82) is 0 Å². The summed E-state index contributed by atoms with van der Waals surface area (Å²) in [7, 11) is 0. The lowest BCUT2D eigenvalue weighted by molar-refractivity contribution is 1.12. The molecular formula is C30H26N8. The summed E-state index contributed by atoms with van der Waals surface area (Å²) < 4.78 is 0. The molecule has 0 aliphatic rings. The molecule has 0 atom stereocenters. The second kappa shape index (κ2) is 10.5. The number of nitrogens with one attached hydrogen (secondary N) is 3. The largest absolute Gasteiger partial charge is 0.323 e. The Kier molecular flexibility index (Phi) is 6.42. The first-order valence-corrected chi connectivity index (χ1v) is 12.5. The molecule has 0 radical (unpaired) electrons. The van der Waals surface area contributed by atoms with E-state index < -0.39 is 0 Å². The number of amidine groups is 1. The predicted octanol–water partition coefficient (Wildman–Crippen LogP) is 7.15. The maximum absolute atomic E-state index is 4.71. The number of nitrogens with zero attached hydrogens (tertiary/aromatic N) is 5. The Balaban J connectivity index is 1.16. The van der Waals surface area contributed by atoms with Gasteiger partial charge in [0.2, 0.25) is 11.9 Å². The number of azo groups is 1. The zero-order valence-corrected chi connectivity index (χ0v) is 20.9. The van der Waals surface area contributed by atoms with Crippen molar-refractivity contribution in [3.63, 3.8) is 0 Å². The van der Waals surface area contributed by atoms with Crippen LogP contribution < -0.4 is 5.43 Å². The number of hydrogen-bond acceptors (Lipinski definition) is 5. The van der Waals surface area contributed by atoms with Gasteiger partial charge < -0.3 is 9.97 Å². The third kappa shape index (κ3) is 5.19. The molecule has 2 heterocycles. The second-order valence-corrected chi connectivity index (χ2v) is 9.07. The van der Waals surface area contributed by atoms with E-state index in [-0.39, 0.29) is 0 Å². The van der Waals surface area contributed by atoms with Gasteiger partial charge in [-0.05, 0) is 54.2 Å². The molecule has 0 unspecified atom stereocenters. The minimum atomic E-state index is 0.435. The molecule has 8 heteroatoms. The summed E-state index contributed by atoms with van der Waals surface area (Å²) >= 11 is 0. The van der Waals surface area contributed by atoms with Crippen LogP contribution >= 0.6 is 0 Å². The summed E-state index contributed by atoms with van der Waals surface area (Å²) in [5.41, 5.74) is 11.4. The van der Waals surface area contributed by atoms with Crippen molar-refractivity contribution in [2.75, 3.05) is 5.43 Å². The summed E-state index contributed by atoms with van der Waals surface area (Å²) in [5.74, 6) is 1.42. The number of rotatable bonds is 7. The average molecular weight is 499 g/mol. The van der Waals surface area contributed by atoms with Crippen LogP contribution in [0.4, 0.5) is 11.9 Å². The van der Waals surface area contributed by atoms with Crippen molar-refractivity contribution in [3.05, 3.63) is 119 Å². The van der Waals surface area contributed by atoms with Crippen molar-refractivity contribution in [2.24, 2.45) is 15.3 Å². The lowest BCUT2D eigenvalue weighted by Crippen LogP contribution is -1.95. The zero-order chi connectivity index (χ0) is 25.7. The van der Waals surface area contributed by atoms with Gasteiger partial charge >= 0.3 is 0 Å². The van der Waals surface area contributed by atoms with Gasteiger partial charge in [-0.1, -0.05) is 84.9 Å². The maximum Gasteiger partial charge on any atom is 0.247 e. The van der Waals surface area contributed by atoms with Crippen LogP contribution in [0.25, 0.3) is 22.1 Å². The molecule has 186 valence electrons. The fraction of sp³-hybridized carbons (Fsp3) is 0.100. The molecule has 2 aromatic heterocycles. The Morgan fingerprint density at radius 3 is 1.89 bits per heavy atom. The molecule has 0 aliphatic heterocycles. The van der Waals surface area contributed by atoms with Crippen LogP contribution in [0, 0.1) is 0 Å². The first-order chi connectivity index (χ1) is 18.7. The number of aromatic nitrogens is 4. The molecule has 6 aromatic rings. The molecule has 3 N–H and O–H groups in total. The number of aromatic amines is 2. The van der Waals surface area contributed by atoms with Crippen LogP contribution in [-0.2, 0) is 12.8 Å². The van der Waals surface area contributed by atoms with Crippen molar-refractivity contribution in [2.45, 2.75) is 19.8 Å². The summed E-state index contributed by atoms with van der Waals surface area (Å²) in [6, 6.07) is 33.0. The van der Waals surface area contributed by atoms with Gasteiger partial charge in [-0.2, -0.15) is 5.10 Å². The Morgan fingerprint density at radius 2 is 1.26 bits per heavy atom. The number of H-pyrrole nitrogens is 2. The van der Waals surface area contributed by atoms with Crippen molar-refractivity contribution in [1.82, 2.24) is 19.9 Å². The molecular weight excluding hydrogens is 472 g/mol. The third-order valence-corrected chi connectivity index (χ3v) is 6.27. The van der Waals surface area contributed by atoms with Gasteiger partial charge in [0.25, 0.3) is 0 Å². The highest BCUT2D eigenvalue weighted by molar-refractivity contribution is 5.83. The second-order valence-electron chi connectivity index (χ2n) is 9.07. The van der Waals surface area contributed by atoms with Crippen LogP contribution in [0.5, 0.6) is 0 Å². The van der Waals surface area contributed by atoms with Crippen LogP contribution in [0.1, 0.15) is 29.2 Å². The molecule has 0 fully saturated rings. The summed E-state index contributed by atoms with van der Waals surface area (Å²) in [5, 5.41) is 12.8. The normalized spacial score (nSPS) is 12.1. The SMILES string of the molecule is CC(N=Nc1nc2c(Cc3ccccc3)cccc2[nH]1)=NNc1nc2c(Cc3ccccc3)cccc2[nH]1. The maximum atomic E-state index is 4.71. The van der Waals surface area contributed by atoms with Crippen LogP contribution in [0.2, 0.25) is 0 Å². The van der Waals surface area contributed by atoms with Crippen LogP contribution in [0.15, 0.2) is 112 Å². The van der Waals surface area contributed by atoms with E-state index in [2.05, 4.69) is 72.1 Å². The molecule has 8 nitrogen and oxygen atoms in total. The van der Waals surface area contributed by atoms with Crippen molar-refractivity contribution < 1.29 is 0 Å². The molecule has 0 saturated heterocycles. The van der Waals surface area contributed by atoms with Crippen LogP contribution in [-0.4, -0.2) is 25.8 Å². The van der Waals surface area contributed by atoms with Gasteiger partial charge in [-0.15, -0.1) is 10.2 Å². The van der Waals surface area contributed by atoms with Gasteiger partial charge in [-0.3, -0.25) is 0 Å². The average Bonchev–Trinajstić information content (AvgIpc) is 3.57. The Labute approximate surface area is 219 Å². The van der Waals surface area contributed by atoms with E-state index in [1.807, 2.05) is 60.7 Å². The van der Waals surface area contributed by atoms with Gasteiger partial charge in [-0.25, -0.2) is 15.4 Å². The van der Waals surface area contributed by atoms with E-state index in [9.17, 15) is 0 Å². The molecule has 38 heavy (non-hydrogen) atoms. The summed E-state index contributed by atoms with van der Waals surface area (Å²) in [6.45, 7) is 1.77. The topological polar surface area (TPSA) is 106 Å². The third-order valence-electron chi connectivity index (χ3n) is 6.27. The quantitative estimate of drug-likeness (QED) is 0.0941. The number of fused-ring (bicyclic) bond motifs is 2. The fourth-order valence-corrected chi connectivity index (χ4v) is 4.46. The Hall–Kier alpha value is -5.11. The number of hydrogen-bond donors (Lipinski definition) is 3. The minimum Gasteiger partial charge on any atom is -0.323 e. The summed E-state index contributed by atoms with van der Waals surface area (Å²) in [4.78, 5) is 15.9. The van der Waals surface area contributed by atoms with E-state index >= 15 is 0 Å². The smallest absolute Gasteiger partial charge is 0.247 e. The van der Waals surface area contributed by atoms with E-state index in [0.29, 0.717) is 17.7 Å². The molecule has 0 bridgehead atoms. The number of hydrazone groups is 1. The van der Waals surface area contributed by atoms with E-state index in [4.69, 9.17) is 4.98 Å². The molecule has 4 aromatic carbocycles. The monoisotopic (exact) mass is 498 g/mol. The van der Waals surface area contributed by atoms with Gasteiger partial charge in [0.1, 0.15) is 0 Å². The standard InChI is InChI=1S/C30H26N8/c1-20(35-37-29-31-25-16-8-14-23(27(25)33-29)18-21-10-4-2-5-11-21)36-38-30-32-26-17-9-15-24(28(26)34-30)19-22-12-6-3-7-13-22/h2-17H,18-19H2,1H3,(H,31,33)(H2,32,34,38). The number of anilines is 1. The van der Waals surface area contributed by atoms with E-state index in [1.54, 1.807) is 6.92 Å². The first-order valence-electron chi connectivity index (χ1n) is 12.5. The molecule has 0 saturated carbocycles.